The molecule has 4 N–H and O–H groups in total. The van der Waals surface area contributed by atoms with Crippen molar-refractivity contribution in [3.8, 4) is 0 Å². The molecular formula is C18H26N6+2. The summed E-state index contributed by atoms with van der Waals surface area (Å²) >= 11 is 0. The number of hydrogen-bond acceptors (Lipinski definition) is 2. The molecule has 3 aromatic rings. The van der Waals surface area contributed by atoms with Gasteiger partial charge in [0.25, 0.3) is 11.6 Å². The molecule has 0 saturated heterocycles. The fourth-order valence-electron chi connectivity index (χ4n) is 2.91. The van der Waals surface area contributed by atoms with Gasteiger partial charge in [-0.25, -0.2) is 19.1 Å². The van der Waals surface area contributed by atoms with Crippen molar-refractivity contribution in [3.63, 3.8) is 0 Å². The predicted octanol–water partition coefficient (Wildman–Crippen LogP) is 0.866. The van der Waals surface area contributed by atoms with Gasteiger partial charge >= 0.3 is 0 Å². The summed E-state index contributed by atoms with van der Waals surface area (Å²) in [5.41, 5.74) is 7.83. The highest BCUT2D eigenvalue weighted by molar-refractivity contribution is 5.53. The SMILES string of the molecule is C[n+]1cc[nH]c1CCN(CCc1[nH]cc[n+]1C)c1ccc(N)cc1. The van der Waals surface area contributed by atoms with Crippen molar-refractivity contribution in [3.05, 3.63) is 60.7 Å². The number of nitrogens with two attached hydrogens (primary N) is 1. The monoisotopic (exact) mass is 326 g/mol. The van der Waals surface area contributed by atoms with E-state index >= 15 is 0 Å². The second-order valence-corrected chi connectivity index (χ2v) is 6.11. The first-order valence-electron chi connectivity index (χ1n) is 8.28. The zero-order valence-corrected chi connectivity index (χ0v) is 14.4. The van der Waals surface area contributed by atoms with Gasteiger partial charge in [-0.2, -0.15) is 0 Å². The molecule has 0 saturated carbocycles. The lowest BCUT2D eigenvalue weighted by molar-refractivity contribution is -0.677. The standard InChI is InChI=1S/C18H24N6/c1-22-13-9-20-17(22)7-11-24(16-5-3-15(19)4-6-16)12-8-18-21-10-14-23(18)2/h3-6,9-10,13-14H,7-8,11-12,19H2,1-2H3/p+2. The number of imidazole rings is 2. The van der Waals surface area contributed by atoms with Gasteiger partial charge in [0.1, 0.15) is 24.8 Å². The van der Waals surface area contributed by atoms with E-state index in [4.69, 9.17) is 5.73 Å². The molecule has 1 aromatic carbocycles. The second kappa shape index (κ2) is 7.21. The third kappa shape index (κ3) is 3.76. The van der Waals surface area contributed by atoms with Gasteiger partial charge < -0.3 is 10.6 Å². The summed E-state index contributed by atoms with van der Waals surface area (Å²) < 4.78 is 4.26. The summed E-state index contributed by atoms with van der Waals surface area (Å²) in [5.74, 6) is 2.45. The van der Waals surface area contributed by atoms with E-state index in [1.165, 1.54) is 17.3 Å². The maximum absolute atomic E-state index is 5.83. The van der Waals surface area contributed by atoms with Gasteiger partial charge in [-0.3, -0.25) is 0 Å². The van der Waals surface area contributed by atoms with Crippen LogP contribution in [0, 0.1) is 0 Å². The Kier molecular flexibility index (Phi) is 4.84. The van der Waals surface area contributed by atoms with Crippen LogP contribution in [0.5, 0.6) is 0 Å². The third-order valence-corrected chi connectivity index (χ3v) is 4.44. The molecule has 0 aliphatic carbocycles. The molecule has 3 rings (SSSR count). The van der Waals surface area contributed by atoms with Crippen molar-refractivity contribution >= 4 is 11.4 Å². The molecule has 0 unspecified atom stereocenters. The van der Waals surface area contributed by atoms with Crippen molar-refractivity contribution in [1.82, 2.24) is 9.97 Å². The number of aromatic nitrogens is 4. The number of anilines is 2. The van der Waals surface area contributed by atoms with E-state index in [2.05, 4.69) is 50.2 Å². The Hall–Kier alpha value is -2.76. The average Bonchev–Trinajstić information content (AvgIpc) is 3.17. The van der Waals surface area contributed by atoms with Crippen molar-refractivity contribution in [2.45, 2.75) is 12.8 Å². The van der Waals surface area contributed by atoms with Gasteiger partial charge in [-0.15, -0.1) is 0 Å². The highest BCUT2D eigenvalue weighted by Gasteiger charge is 2.14. The first kappa shape index (κ1) is 16.1. The molecule has 0 spiro atoms. The molecule has 0 atom stereocenters. The topological polar surface area (TPSA) is 68.6 Å². The maximum Gasteiger partial charge on any atom is 0.255 e. The summed E-state index contributed by atoms with van der Waals surface area (Å²) in [6.07, 6.45) is 9.96. The molecule has 0 fully saturated rings. The van der Waals surface area contributed by atoms with Crippen LogP contribution in [-0.4, -0.2) is 23.1 Å². The van der Waals surface area contributed by atoms with Crippen LogP contribution in [0.15, 0.2) is 49.1 Å². The molecule has 24 heavy (non-hydrogen) atoms. The molecule has 2 aromatic heterocycles. The number of nitrogens with one attached hydrogen (secondary N) is 2. The lowest BCUT2D eigenvalue weighted by atomic mass is 10.2. The summed E-state index contributed by atoms with van der Waals surface area (Å²) in [5, 5.41) is 0. The smallest absolute Gasteiger partial charge is 0.255 e. The Morgan fingerprint density at radius 1 is 0.875 bits per heavy atom. The van der Waals surface area contributed by atoms with Gasteiger partial charge in [-0.05, 0) is 24.3 Å². The molecule has 0 aliphatic rings. The Morgan fingerprint density at radius 3 is 1.79 bits per heavy atom. The number of nitrogen functional groups attached to an aromatic ring is 1. The first-order valence-corrected chi connectivity index (χ1v) is 8.28. The molecule has 0 bridgehead atoms. The fraction of sp³-hybridized carbons (Fsp3) is 0.333. The number of aryl methyl sites for hydroxylation is 2. The lowest BCUT2D eigenvalue weighted by Crippen LogP contribution is -2.37. The second-order valence-electron chi connectivity index (χ2n) is 6.11. The molecule has 0 amide bonds. The van der Waals surface area contributed by atoms with Crippen LogP contribution in [0.4, 0.5) is 11.4 Å². The van der Waals surface area contributed by atoms with Crippen molar-refractivity contribution in [1.29, 1.82) is 0 Å². The van der Waals surface area contributed by atoms with E-state index in [9.17, 15) is 0 Å². The van der Waals surface area contributed by atoms with Crippen LogP contribution in [0.1, 0.15) is 11.6 Å². The minimum Gasteiger partial charge on any atom is -0.399 e. The van der Waals surface area contributed by atoms with E-state index in [0.29, 0.717) is 0 Å². The minimum absolute atomic E-state index is 0.797. The number of nitrogens with zero attached hydrogens (tertiary/aromatic N) is 3. The van der Waals surface area contributed by atoms with Crippen molar-refractivity contribution < 1.29 is 9.13 Å². The molecule has 6 nitrogen and oxygen atoms in total. The zero-order chi connectivity index (χ0) is 16.9. The number of aromatic amines is 2. The molecule has 0 aliphatic heterocycles. The predicted molar refractivity (Wildman–Crippen MR) is 94.4 cm³/mol. The quantitative estimate of drug-likeness (QED) is 0.445. The minimum atomic E-state index is 0.797. The van der Waals surface area contributed by atoms with E-state index in [1.54, 1.807) is 0 Å². The Bertz CT molecular complexity index is 727. The summed E-state index contributed by atoms with van der Waals surface area (Å²) in [7, 11) is 4.14. The average molecular weight is 326 g/mol. The van der Waals surface area contributed by atoms with E-state index in [-0.39, 0.29) is 0 Å². The van der Waals surface area contributed by atoms with Crippen molar-refractivity contribution in [2.24, 2.45) is 14.1 Å². The van der Waals surface area contributed by atoms with Crippen LogP contribution < -0.4 is 19.8 Å². The molecule has 0 radical (unpaired) electrons. The van der Waals surface area contributed by atoms with Crippen LogP contribution >= 0.6 is 0 Å². The van der Waals surface area contributed by atoms with E-state index in [0.717, 1.165) is 31.6 Å². The molecular weight excluding hydrogens is 300 g/mol. The summed E-state index contributed by atoms with van der Waals surface area (Å²) in [6, 6.07) is 8.12. The number of hydrogen-bond donors (Lipinski definition) is 3. The van der Waals surface area contributed by atoms with E-state index < -0.39 is 0 Å². The van der Waals surface area contributed by atoms with Crippen LogP contribution in [-0.2, 0) is 26.9 Å². The molecule has 126 valence electrons. The van der Waals surface area contributed by atoms with Gasteiger partial charge in [-0.1, -0.05) is 0 Å². The Morgan fingerprint density at radius 2 is 1.38 bits per heavy atom. The van der Waals surface area contributed by atoms with Crippen molar-refractivity contribution in [2.75, 3.05) is 23.7 Å². The maximum atomic E-state index is 5.83. The van der Waals surface area contributed by atoms with Crippen LogP contribution in [0.25, 0.3) is 0 Å². The van der Waals surface area contributed by atoms with Gasteiger partial charge in [0.2, 0.25) is 0 Å². The van der Waals surface area contributed by atoms with Crippen LogP contribution in [0.2, 0.25) is 0 Å². The highest BCUT2D eigenvalue weighted by atomic mass is 15.1. The van der Waals surface area contributed by atoms with Crippen LogP contribution in [0.3, 0.4) is 0 Å². The lowest BCUT2D eigenvalue weighted by Gasteiger charge is -2.23. The summed E-state index contributed by atoms with van der Waals surface area (Å²) in [6.45, 7) is 1.89. The zero-order valence-electron chi connectivity index (χ0n) is 14.4. The van der Waals surface area contributed by atoms with Gasteiger partial charge in [0, 0.05) is 24.5 Å². The number of rotatable bonds is 7. The fourth-order valence-corrected chi connectivity index (χ4v) is 2.91. The third-order valence-electron chi connectivity index (χ3n) is 4.44. The summed E-state index contributed by atoms with van der Waals surface area (Å²) in [4.78, 5) is 9.02. The molecule has 2 heterocycles. The number of H-pyrrole nitrogens is 2. The first-order chi connectivity index (χ1) is 11.6. The molecule has 6 heteroatoms. The Labute approximate surface area is 142 Å². The number of benzene rings is 1. The van der Waals surface area contributed by atoms with E-state index in [1.807, 2.05) is 36.9 Å². The van der Waals surface area contributed by atoms with Gasteiger partial charge in [0.05, 0.1) is 26.9 Å². The largest absolute Gasteiger partial charge is 0.399 e. The Balaban J connectivity index is 1.71. The highest BCUT2D eigenvalue weighted by Crippen LogP contribution is 2.17. The normalized spacial score (nSPS) is 10.9. The van der Waals surface area contributed by atoms with Gasteiger partial charge in [0.15, 0.2) is 0 Å².